The summed E-state index contributed by atoms with van der Waals surface area (Å²) >= 11 is 6.27. The van der Waals surface area contributed by atoms with Gasteiger partial charge in [0.1, 0.15) is 22.1 Å². The van der Waals surface area contributed by atoms with Crippen molar-refractivity contribution in [3.05, 3.63) is 72.8 Å². The maximum atomic E-state index is 4.60. The zero-order valence-corrected chi connectivity index (χ0v) is 28.8. The molecule has 0 radical (unpaired) electrons. The first kappa shape index (κ1) is 30.4. The van der Waals surface area contributed by atoms with Gasteiger partial charge in [-0.05, 0) is 55.0 Å². The van der Waals surface area contributed by atoms with E-state index in [9.17, 15) is 0 Å². The summed E-state index contributed by atoms with van der Waals surface area (Å²) in [6.45, 7) is 3.31. The van der Waals surface area contributed by atoms with Crippen molar-refractivity contribution in [2.75, 3.05) is 0 Å². The third-order valence-corrected chi connectivity index (χ3v) is 11.9. The topological polar surface area (TPSA) is 56.5 Å². The van der Waals surface area contributed by atoms with Gasteiger partial charge in [-0.15, -0.1) is 22.7 Å². The maximum absolute atomic E-state index is 4.60. The number of thiophene rings is 2. The molecule has 0 bridgehead atoms. The van der Waals surface area contributed by atoms with Crippen molar-refractivity contribution < 1.29 is 0 Å². The monoisotopic (exact) mass is 667 g/mol. The molecule has 0 aliphatic rings. The van der Waals surface area contributed by atoms with Crippen molar-refractivity contribution >= 4 is 68.2 Å². The van der Waals surface area contributed by atoms with Gasteiger partial charge < -0.3 is 4.57 Å². The van der Waals surface area contributed by atoms with Crippen LogP contribution in [-0.2, 0) is 6.54 Å². The van der Waals surface area contributed by atoms with Gasteiger partial charge in [-0.25, -0.2) is 0 Å². The molecule has 9 heteroatoms. The lowest BCUT2D eigenvalue weighted by atomic mass is 10.1. The molecule has 0 amide bonds. The molecular formula is C36H37N5S4. The summed E-state index contributed by atoms with van der Waals surface area (Å²) < 4.78 is 20.7. The van der Waals surface area contributed by atoms with Crippen molar-refractivity contribution in [1.29, 1.82) is 0 Å². The Morgan fingerprint density at radius 3 is 1.47 bits per heavy atom. The average Bonchev–Trinajstić information content (AvgIpc) is 3.90. The molecule has 0 spiro atoms. The van der Waals surface area contributed by atoms with E-state index in [1.807, 2.05) is 34.8 Å². The summed E-state index contributed by atoms with van der Waals surface area (Å²) in [5.74, 6) is 0. The van der Waals surface area contributed by atoms with Crippen LogP contribution in [0.3, 0.4) is 0 Å². The molecule has 7 rings (SSSR count). The molecule has 0 saturated carbocycles. The minimum absolute atomic E-state index is 0.969. The summed E-state index contributed by atoms with van der Waals surface area (Å²) in [5.41, 5.74) is 8.84. The van der Waals surface area contributed by atoms with E-state index in [0.29, 0.717) is 0 Å². The molecule has 230 valence electrons. The number of fused-ring (bicyclic) bond motifs is 2. The first-order chi connectivity index (χ1) is 22.3. The Kier molecular flexibility index (Phi) is 9.77. The molecule has 2 aromatic carbocycles. The van der Waals surface area contributed by atoms with Gasteiger partial charge in [0.25, 0.3) is 0 Å². The Labute approximate surface area is 281 Å². The van der Waals surface area contributed by atoms with E-state index in [1.54, 1.807) is 0 Å². The van der Waals surface area contributed by atoms with E-state index in [2.05, 4.69) is 89.6 Å². The van der Waals surface area contributed by atoms with E-state index >= 15 is 0 Å². The SMILES string of the molecule is CCCCCCCCCCCCn1c(-c2ccc(-c3cccc4nsnc34)s2)ccc1-c1ccc(-c2cccc3nsnc23)s1. The van der Waals surface area contributed by atoms with Gasteiger partial charge in [0.05, 0.1) is 44.6 Å². The Balaban J connectivity index is 1.13. The summed E-state index contributed by atoms with van der Waals surface area (Å²) in [4.78, 5) is 5.05. The van der Waals surface area contributed by atoms with Crippen LogP contribution in [-0.4, -0.2) is 22.1 Å². The highest BCUT2D eigenvalue weighted by Gasteiger charge is 2.18. The molecule has 7 aromatic rings. The molecule has 0 fully saturated rings. The number of aromatic nitrogens is 5. The molecular weight excluding hydrogens is 631 g/mol. The van der Waals surface area contributed by atoms with E-state index in [1.165, 1.54) is 130 Å². The third-order valence-electron chi connectivity index (χ3n) is 8.54. The zero-order valence-electron chi connectivity index (χ0n) is 25.6. The molecule has 5 aromatic heterocycles. The second-order valence-corrected chi connectivity index (χ2v) is 14.9. The van der Waals surface area contributed by atoms with E-state index in [-0.39, 0.29) is 0 Å². The fourth-order valence-corrected chi connectivity index (χ4v) is 9.38. The van der Waals surface area contributed by atoms with Crippen LogP contribution >= 0.6 is 46.1 Å². The molecule has 0 unspecified atom stereocenters. The van der Waals surface area contributed by atoms with Crippen molar-refractivity contribution in [3.8, 4) is 42.0 Å². The third kappa shape index (κ3) is 6.68. The predicted molar refractivity (Wildman–Crippen MR) is 196 cm³/mol. The number of unbranched alkanes of at least 4 members (excludes halogenated alkanes) is 9. The van der Waals surface area contributed by atoms with Crippen molar-refractivity contribution in [1.82, 2.24) is 22.1 Å². The second-order valence-electron chi connectivity index (χ2n) is 11.6. The molecule has 0 aliphatic heterocycles. The minimum atomic E-state index is 0.969. The highest BCUT2D eigenvalue weighted by Crippen LogP contribution is 2.42. The average molecular weight is 668 g/mol. The Morgan fingerprint density at radius 1 is 0.489 bits per heavy atom. The quantitative estimate of drug-likeness (QED) is 0.102. The van der Waals surface area contributed by atoms with Crippen LogP contribution in [0.4, 0.5) is 0 Å². The van der Waals surface area contributed by atoms with E-state index in [4.69, 9.17) is 0 Å². The van der Waals surface area contributed by atoms with Crippen LogP contribution in [0.5, 0.6) is 0 Å². The molecule has 5 nitrogen and oxygen atoms in total. The largest absolute Gasteiger partial charge is 0.339 e. The lowest BCUT2D eigenvalue weighted by molar-refractivity contribution is 0.538. The lowest BCUT2D eigenvalue weighted by Crippen LogP contribution is -2.01. The van der Waals surface area contributed by atoms with Crippen LogP contribution in [0.15, 0.2) is 72.8 Å². The van der Waals surface area contributed by atoms with Gasteiger partial charge in [-0.2, -0.15) is 17.5 Å². The van der Waals surface area contributed by atoms with Gasteiger partial charge in [-0.3, -0.25) is 0 Å². The van der Waals surface area contributed by atoms with Gasteiger partial charge >= 0.3 is 0 Å². The highest BCUT2D eigenvalue weighted by molar-refractivity contribution is 7.19. The Hall–Kier alpha value is -3.24. The van der Waals surface area contributed by atoms with Crippen LogP contribution in [0, 0.1) is 0 Å². The minimum Gasteiger partial charge on any atom is -0.339 e. The summed E-state index contributed by atoms with van der Waals surface area (Å²) in [5, 5.41) is 0. The zero-order chi connectivity index (χ0) is 30.4. The van der Waals surface area contributed by atoms with Gasteiger partial charge in [0, 0.05) is 27.4 Å². The van der Waals surface area contributed by atoms with E-state index in [0.717, 1.165) is 28.6 Å². The van der Waals surface area contributed by atoms with E-state index < -0.39 is 0 Å². The van der Waals surface area contributed by atoms with Crippen LogP contribution in [0.25, 0.3) is 64.1 Å². The Bertz CT molecular complexity index is 1860. The predicted octanol–water partition coefficient (Wildman–Crippen LogP) is 12.2. The van der Waals surface area contributed by atoms with Crippen LogP contribution < -0.4 is 0 Å². The number of hydrogen-bond donors (Lipinski definition) is 0. The first-order valence-electron chi connectivity index (χ1n) is 16.1. The maximum Gasteiger partial charge on any atom is 0.113 e. The number of nitrogens with zero attached hydrogens (tertiary/aromatic N) is 5. The fourth-order valence-electron chi connectivity index (χ4n) is 6.15. The van der Waals surface area contributed by atoms with Gasteiger partial charge in [0.2, 0.25) is 0 Å². The summed E-state index contributed by atoms with van der Waals surface area (Å²) in [6.07, 6.45) is 13.4. The van der Waals surface area contributed by atoms with Gasteiger partial charge in [0.15, 0.2) is 0 Å². The molecule has 5 heterocycles. The normalized spacial score (nSPS) is 11.8. The number of hydrogen-bond acceptors (Lipinski definition) is 8. The lowest BCUT2D eigenvalue weighted by Gasteiger charge is -2.12. The van der Waals surface area contributed by atoms with Crippen LogP contribution in [0.2, 0.25) is 0 Å². The van der Waals surface area contributed by atoms with Gasteiger partial charge in [-0.1, -0.05) is 89.0 Å². The first-order valence-corrected chi connectivity index (χ1v) is 19.2. The molecule has 0 N–H and O–H groups in total. The number of rotatable bonds is 15. The summed E-state index contributed by atoms with van der Waals surface area (Å²) in [6, 6.07) is 26.3. The Morgan fingerprint density at radius 2 is 0.956 bits per heavy atom. The van der Waals surface area contributed by atoms with Crippen molar-refractivity contribution in [2.24, 2.45) is 0 Å². The number of benzene rings is 2. The molecule has 0 atom stereocenters. The molecule has 0 aliphatic carbocycles. The summed E-state index contributed by atoms with van der Waals surface area (Å²) in [7, 11) is 0. The van der Waals surface area contributed by atoms with Crippen LogP contribution in [0.1, 0.15) is 71.1 Å². The standard InChI is InChI=1S/C36H37N5S4/c1-2-3-4-5-6-7-8-9-10-11-24-41-29(33-22-20-31(42-33)25-14-12-16-27-35(25)39-44-37-27)18-19-30(41)34-23-21-32(43-34)26-15-13-17-28-36(26)40-45-38-28/h12-23H,2-11,24H2,1H3. The molecule has 45 heavy (non-hydrogen) atoms. The fraction of sp³-hybridized carbons (Fsp3) is 0.333. The smallest absolute Gasteiger partial charge is 0.113 e. The second kappa shape index (κ2) is 14.5. The van der Waals surface area contributed by atoms with Crippen molar-refractivity contribution in [3.63, 3.8) is 0 Å². The highest BCUT2D eigenvalue weighted by atomic mass is 32.1. The van der Waals surface area contributed by atoms with Crippen molar-refractivity contribution in [2.45, 2.75) is 77.7 Å². The molecule has 0 saturated heterocycles.